The molecule has 1 rings (SSSR count). The molecule has 0 spiro atoms. The van der Waals surface area contributed by atoms with Crippen molar-refractivity contribution in [2.24, 2.45) is 17.8 Å². The first-order valence-electron chi connectivity index (χ1n) is 6.85. The van der Waals surface area contributed by atoms with Gasteiger partial charge in [0.25, 0.3) is 0 Å². The molecular weight excluding hydrogens is 268 g/mol. The first-order chi connectivity index (χ1) is 8.85. The largest absolute Gasteiger partial charge is 0.513 e. The van der Waals surface area contributed by atoms with Gasteiger partial charge in [0, 0.05) is 0 Å². The third kappa shape index (κ3) is 5.60. The summed E-state index contributed by atoms with van der Waals surface area (Å²) in [5.41, 5.74) is 0. The van der Waals surface area contributed by atoms with Gasteiger partial charge in [-0.25, -0.2) is 4.57 Å². The number of nitriles is 1. The first-order valence-corrected chi connectivity index (χ1v) is 8.28. The molecule has 0 N–H and O–H groups in total. The monoisotopic (exact) mass is 291 g/mol. The maximum atomic E-state index is 13.8. The van der Waals surface area contributed by atoms with E-state index in [0.29, 0.717) is 18.3 Å². The molecule has 0 radical (unpaired) electrons. The molecule has 4 nitrogen and oxygen atoms in total. The topological polar surface area (TPSA) is 59.3 Å². The smallest absolute Gasteiger partial charge is 0.282 e. The molecule has 0 bridgehead atoms. The molecule has 0 aromatic carbocycles. The van der Waals surface area contributed by atoms with Crippen LogP contribution >= 0.6 is 7.91 Å². The third-order valence-electron chi connectivity index (χ3n) is 3.68. The van der Waals surface area contributed by atoms with Gasteiger partial charge in [-0.15, -0.1) is 4.20 Å². The average molecular weight is 291 g/mol. The molecule has 1 unspecified atom stereocenters. The van der Waals surface area contributed by atoms with E-state index in [2.05, 4.69) is 25.3 Å². The number of hydrogen-bond donors (Lipinski definition) is 0. The van der Waals surface area contributed by atoms with Crippen molar-refractivity contribution < 1.29 is 17.8 Å². The summed E-state index contributed by atoms with van der Waals surface area (Å²) in [6.45, 7) is 6.03. The van der Waals surface area contributed by atoms with Gasteiger partial charge in [0.2, 0.25) is 0 Å². The molecule has 0 aliphatic heterocycles. The number of rotatable bonds is 6. The highest BCUT2D eigenvalue weighted by molar-refractivity contribution is 7.48. The van der Waals surface area contributed by atoms with Crippen LogP contribution in [0.5, 0.6) is 0 Å². The normalized spacial score (nSPS) is 30.8. The summed E-state index contributed by atoms with van der Waals surface area (Å²) in [6, 6.07) is 1.81. The molecule has 6 heteroatoms. The van der Waals surface area contributed by atoms with Gasteiger partial charge in [-0.3, -0.25) is 9.05 Å². The summed E-state index contributed by atoms with van der Waals surface area (Å²) in [5, 5.41) is 8.35. The lowest BCUT2D eigenvalue weighted by Gasteiger charge is -2.37. The minimum absolute atomic E-state index is 0.00590. The second-order valence-corrected chi connectivity index (χ2v) is 6.97. The molecule has 0 aromatic heterocycles. The summed E-state index contributed by atoms with van der Waals surface area (Å²) in [7, 11) is -4.55. The SMILES string of the molecule is CC(C)[C@@H]1CC[C@@H](C)C[C@H]1OP(=O)(F)OCCC#N. The third-order valence-corrected chi connectivity index (χ3v) is 4.70. The molecule has 4 atom stereocenters. The van der Waals surface area contributed by atoms with E-state index in [-0.39, 0.29) is 25.0 Å². The van der Waals surface area contributed by atoms with E-state index in [1.807, 2.05) is 6.07 Å². The Balaban J connectivity index is 2.60. The zero-order valence-corrected chi connectivity index (χ0v) is 12.7. The van der Waals surface area contributed by atoms with E-state index in [9.17, 15) is 8.76 Å². The highest BCUT2D eigenvalue weighted by Crippen LogP contribution is 2.54. The maximum absolute atomic E-state index is 13.8. The van der Waals surface area contributed by atoms with Crippen LogP contribution in [0.1, 0.15) is 46.5 Å². The van der Waals surface area contributed by atoms with Crippen LogP contribution in [-0.2, 0) is 13.6 Å². The molecule has 19 heavy (non-hydrogen) atoms. The number of hydrogen-bond acceptors (Lipinski definition) is 4. The fourth-order valence-electron chi connectivity index (χ4n) is 2.63. The van der Waals surface area contributed by atoms with Crippen molar-refractivity contribution >= 4 is 7.91 Å². The second-order valence-electron chi connectivity index (χ2n) is 5.64. The molecule has 0 amide bonds. The highest BCUT2D eigenvalue weighted by atomic mass is 31.2. The minimum Gasteiger partial charge on any atom is -0.282 e. The predicted molar refractivity (Wildman–Crippen MR) is 71.1 cm³/mol. The van der Waals surface area contributed by atoms with Crippen LogP contribution in [0, 0.1) is 29.1 Å². The first kappa shape index (κ1) is 16.6. The Morgan fingerprint density at radius 1 is 1.47 bits per heavy atom. The van der Waals surface area contributed by atoms with Gasteiger partial charge in [-0.05, 0) is 30.6 Å². The van der Waals surface area contributed by atoms with Gasteiger partial charge in [0.15, 0.2) is 0 Å². The Labute approximate surface area is 114 Å². The number of nitrogens with zero attached hydrogens (tertiary/aromatic N) is 1. The van der Waals surface area contributed by atoms with Gasteiger partial charge in [-0.2, -0.15) is 5.26 Å². The summed E-state index contributed by atoms with van der Waals surface area (Å²) >= 11 is 0. The zero-order chi connectivity index (χ0) is 14.5. The minimum atomic E-state index is -4.55. The predicted octanol–water partition coefficient (Wildman–Crippen LogP) is 4.47. The van der Waals surface area contributed by atoms with E-state index >= 15 is 0 Å². The lowest BCUT2D eigenvalue weighted by atomic mass is 9.75. The van der Waals surface area contributed by atoms with Crippen LogP contribution < -0.4 is 0 Å². The van der Waals surface area contributed by atoms with Crippen molar-refractivity contribution in [2.45, 2.75) is 52.6 Å². The molecule has 1 aliphatic carbocycles. The summed E-state index contributed by atoms with van der Waals surface area (Å²) in [5.74, 6) is 1.01. The van der Waals surface area contributed by atoms with Crippen LogP contribution in [0.25, 0.3) is 0 Å². The zero-order valence-electron chi connectivity index (χ0n) is 11.8. The van der Waals surface area contributed by atoms with E-state index in [1.165, 1.54) is 0 Å². The van der Waals surface area contributed by atoms with Crippen molar-refractivity contribution in [3.8, 4) is 6.07 Å². The molecule has 0 heterocycles. The second kappa shape index (κ2) is 7.38. The van der Waals surface area contributed by atoms with Crippen LogP contribution in [0.2, 0.25) is 0 Å². The van der Waals surface area contributed by atoms with Crippen LogP contribution in [0.3, 0.4) is 0 Å². The lowest BCUT2D eigenvalue weighted by Crippen LogP contribution is -2.33. The van der Waals surface area contributed by atoms with E-state index in [1.54, 1.807) is 0 Å². The Morgan fingerprint density at radius 2 is 2.16 bits per heavy atom. The highest BCUT2D eigenvalue weighted by Gasteiger charge is 2.37. The van der Waals surface area contributed by atoms with Crippen molar-refractivity contribution in [3.05, 3.63) is 0 Å². The van der Waals surface area contributed by atoms with E-state index in [0.717, 1.165) is 12.8 Å². The van der Waals surface area contributed by atoms with E-state index < -0.39 is 7.91 Å². The fourth-order valence-corrected chi connectivity index (χ4v) is 3.56. The van der Waals surface area contributed by atoms with Gasteiger partial charge in [0.05, 0.1) is 25.2 Å². The van der Waals surface area contributed by atoms with Gasteiger partial charge in [0.1, 0.15) is 0 Å². The summed E-state index contributed by atoms with van der Waals surface area (Å²) in [4.78, 5) is 0. The molecule has 110 valence electrons. The fraction of sp³-hybridized carbons (Fsp3) is 0.923. The molecule has 1 saturated carbocycles. The Morgan fingerprint density at radius 3 is 2.74 bits per heavy atom. The number of halogens is 1. The van der Waals surface area contributed by atoms with Crippen molar-refractivity contribution in [1.82, 2.24) is 0 Å². The van der Waals surface area contributed by atoms with Crippen LogP contribution in [0.15, 0.2) is 0 Å². The molecule has 0 saturated heterocycles. The van der Waals surface area contributed by atoms with Gasteiger partial charge < -0.3 is 0 Å². The van der Waals surface area contributed by atoms with Crippen molar-refractivity contribution in [3.63, 3.8) is 0 Å². The lowest BCUT2D eigenvalue weighted by molar-refractivity contribution is 0.0223. The van der Waals surface area contributed by atoms with Crippen molar-refractivity contribution in [1.29, 1.82) is 5.26 Å². The molecular formula is C13H23FNO3P. The average Bonchev–Trinajstić information content (AvgIpc) is 2.28. The van der Waals surface area contributed by atoms with Crippen molar-refractivity contribution in [2.75, 3.05) is 6.61 Å². The standard InChI is InChI=1S/C13H23FNO3P/c1-10(2)12-6-5-11(3)9-13(12)18-19(14,16)17-8-4-7-15/h10-13H,4-6,8-9H2,1-3H3/t11-,12+,13-,19?/m1/s1. The van der Waals surface area contributed by atoms with Crippen LogP contribution in [0.4, 0.5) is 4.20 Å². The van der Waals surface area contributed by atoms with Gasteiger partial charge in [-0.1, -0.05) is 27.2 Å². The molecule has 0 aromatic rings. The van der Waals surface area contributed by atoms with Gasteiger partial charge >= 0.3 is 7.91 Å². The Hall–Kier alpha value is -0.430. The van der Waals surface area contributed by atoms with E-state index in [4.69, 9.17) is 9.79 Å². The Kier molecular flexibility index (Phi) is 6.46. The van der Waals surface area contributed by atoms with Crippen LogP contribution in [-0.4, -0.2) is 12.7 Å². The molecule has 1 fully saturated rings. The summed E-state index contributed by atoms with van der Waals surface area (Å²) in [6.07, 6.45) is 2.40. The Bertz CT molecular complexity index is 369. The summed E-state index contributed by atoms with van der Waals surface area (Å²) < 4.78 is 35.1. The maximum Gasteiger partial charge on any atom is 0.513 e. The molecule has 1 aliphatic rings. The quantitative estimate of drug-likeness (QED) is 0.535.